The highest BCUT2D eigenvalue weighted by Gasteiger charge is 2.17. The van der Waals surface area contributed by atoms with Crippen molar-refractivity contribution < 1.29 is 9.90 Å². The highest BCUT2D eigenvalue weighted by atomic mass is 32.2. The molecule has 0 fully saturated rings. The standard InChI is InChI=1S/C15H13N3O3S2/c1-2-9-11(10-12(19)17-15(16)18-13(10)23-9)22-8-5-3-7(4-6-8)14(20)21/h3-6H,2H2,1H3,(H,20,21)(H3,16,17,18,19). The van der Waals surface area contributed by atoms with Gasteiger partial charge in [0.1, 0.15) is 4.83 Å². The van der Waals surface area contributed by atoms with Gasteiger partial charge < -0.3 is 10.8 Å². The van der Waals surface area contributed by atoms with Gasteiger partial charge in [-0.1, -0.05) is 18.7 Å². The molecule has 0 unspecified atom stereocenters. The minimum absolute atomic E-state index is 0.105. The van der Waals surface area contributed by atoms with Crippen LogP contribution in [0.4, 0.5) is 5.95 Å². The molecule has 23 heavy (non-hydrogen) atoms. The smallest absolute Gasteiger partial charge is 0.335 e. The van der Waals surface area contributed by atoms with Crippen molar-refractivity contribution in [2.24, 2.45) is 0 Å². The number of hydrogen-bond donors (Lipinski definition) is 3. The third-order valence-electron chi connectivity index (χ3n) is 3.25. The van der Waals surface area contributed by atoms with Gasteiger partial charge in [0.2, 0.25) is 5.95 Å². The molecule has 0 aliphatic carbocycles. The number of aryl methyl sites for hydroxylation is 1. The van der Waals surface area contributed by atoms with Crippen LogP contribution in [0.5, 0.6) is 0 Å². The summed E-state index contributed by atoms with van der Waals surface area (Å²) in [7, 11) is 0. The number of nitrogen functional groups attached to an aromatic ring is 1. The highest BCUT2D eigenvalue weighted by molar-refractivity contribution is 7.99. The monoisotopic (exact) mass is 347 g/mol. The maximum Gasteiger partial charge on any atom is 0.335 e. The van der Waals surface area contributed by atoms with Crippen LogP contribution in [0.1, 0.15) is 22.2 Å². The van der Waals surface area contributed by atoms with Crippen molar-refractivity contribution in [1.29, 1.82) is 0 Å². The van der Waals surface area contributed by atoms with E-state index in [1.54, 1.807) is 24.3 Å². The first-order valence-corrected chi connectivity index (χ1v) is 8.45. The van der Waals surface area contributed by atoms with Gasteiger partial charge in [0.05, 0.1) is 10.9 Å². The van der Waals surface area contributed by atoms with Gasteiger partial charge in [0.25, 0.3) is 5.56 Å². The SMILES string of the molecule is CCc1sc2nc(N)[nH]c(=O)c2c1Sc1ccc(C(=O)O)cc1. The Labute approximate surface area is 139 Å². The Morgan fingerprint density at radius 1 is 1.39 bits per heavy atom. The number of H-pyrrole nitrogens is 1. The number of aromatic amines is 1. The number of carboxylic acids is 1. The summed E-state index contributed by atoms with van der Waals surface area (Å²) in [5, 5.41) is 9.48. The molecule has 0 amide bonds. The molecule has 0 spiro atoms. The zero-order chi connectivity index (χ0) is 16.6. The number of fused-ring (bicyclic) bond motifs is 1. The van der Waals surface area contributed by atoms with Crippen LogP contribution in [0, 0.1) is 0 Å². The molecular formula is C15H13N3O3S2. The van der Waals surface area contributed by atoms with Gasteiger partial charge in [0.15, 0.2) is 0 Å². The number of hydrogen-bond acceptors (Lipinski definition) is 6. The number of rotatable bonds is 4. The number of aromatic nitrogens is 2. The fourth-order valence-electron chi connectivity index (χ4n) is 2.17. The van der Waals surface area contributed by atoms with Crippen molar-refractivity contribution in [3.05, 3.63) is 45.1 Å². The molecule has 6 nitrogen and oxygen atoms in total. The number of thiophene rings is 1. The van der Waals surface area contributed by atoms with Crippen molar-refractivity contribution in [2.45, 2.75) is 23.1 Å². The maximum absolute atomic E-state index is 12.2. The summed E-state index contributed by atoms with van der Waals surface area (Å²) in [4.78, 5) is 33.2. The zero-order valence-corrected chi connectivity index (χ0v) is 13.8. The highest BCUT2D eigenvalue weighted by Crippen LogP contribution is 2.39. The van der Waals surface area contributed by atoms with Crippen molar-refractivity contribution in [1.82, 2.24) is 9.97 Å². The Balaban J connectivity index is 2.08. The van der Waals surface area contributed by atoms with Gasteiger partial charge >= 0.3 is 5.97 Å². The molecule has 0 aliphatic rings. The second kappa shape index (κ2) is 6.05. The average molecular weight is 347 g/mol. The number of aromatic carboxylic acids is 1. The number of carboxylic acid groups (broad SMARTS) is 1. The Morgan fingerprint density at radius 2 is 2.09 bits per heavy atom. The van der Waals surface area contributed by atoms with E-state index in [4.69, 9.17) is 10.8 Å². The van der Waals surface area contributed by atoms with E-state index in [-0.39, 0.29) is 17.1 Å². The summed E-state index contributed by atoms with van der Waals surface area (Å²) in [6, 6.07) is 6.56. The van der Waals surface area contributed by atoms with Crippen LogP contribution >= 0.6 is 23.1 Å². The molecule has 118 valence electrons. The van der Waals surface area contributed by atoms with Crippen molar-refractivity contribution in [3.8, 4) is 0 Å². The molecule has 8 heteroatoms. The predicted molar refractivity (Wildman–Crippen MR) is 91.6 cm³/mol. The zero-order valence-electron chi connectivity index (χ0n) is 12.1. The fraction of sp³-hybridized carbons (Fsp3) is 0.133. The first-order chi connectivity index (χ1) is 11.0. The third kappa shape index (κ3) is 2.95. The summed E-state index contributed by atoms with van der Waals surface area (Å²) in [6.45, 7) is 2.01. The molecule has 0 saturated carbocycles. The first kappa shape index (κ1) is 15.6. The number of carbonyl (C=O) groups is 1. The average Bonchev–Trinajstić information content (AvgIpc) is 2.85. The van der Waals surface area contributed by atoms with Gasteiger partial charge in [0, 0.05) is 14.7 Å². The number of benzene rings is 1. The minimum Gasteiger partial charge on any atom is -0.478 e. The van der Waals surface area contributed by atoms with Gasteiger partial charge in [-0.15, -0.1) is 11.3 Å². The number of nitrogens with one attached hydrogen (secondary N) is 1. The molecule has 0 saturated heterocycles. The fourth-order valence-corrected chi connectivity index (χ4v) is 4.56. The van der Waals surface area contributed by atoms with Crippen LogP contribution in [0.15, 0.2) is 38.9 Å². The first-order valence-electron chi connectivity index (χ1n) is 6.82. The van der Waals surface area contributed by atoms with Crippen molar-refractivity contribution >= 4 is 45.2 Å². The molecule has 4 N–H and O–H groups in total. The van der Waals surface area contributed by atoms with E-state index >= 15 is 0 Å². The van der Waals surface area contributed by atoms with E-state index in [2.05, 4.69) is 9.97 Å². The lowest BCUT2D eigenvalue weighted by Crippen LogP contribution is -2.10. The largest absolute Gasteiger partial charge is 0.478 e. The molecule has 3 aromatic rings. The number of nitrogens with two attached hydrogens (primary N) is 1. The lowest BCUT2D eigenvalue weighted by Gasteiger charge is -2.03. The van der Waals surface area contributed by atoms with Crippen LogP contribution in [-0.2, 0) is 6.42 Å². The molecule has 0 atom stereocenters. The Kier molecular flexibility index (Phi) is 4.10. The normalized spacial score (nSPS) is 11.0. The molecule has 1 aromatic carbocycles. The molecule has 3 rings (SSSR count). The third-order valence-corrected chi connectivity index (χ3v) is 5.77. The van der Waals surface area contributed by atoms with Crippen molar-refractivity contribution in [2.75, 3.05) is 5.73 Å². The van der Waals surface area contributed by atoms with Gasteiger partial charge in [-0.25, -0.2) is 9.78 Å². The second-order valence-electron chi connectivity index (χ2n) is 4.77. The Hall–Kier alpha value is -2.32. The molecular weight excluding hydrogens is 334 g/mol. The minimum atomic E-state index is -0.965. The van der Waals surface area contributed by atoms with E-state index in [1.807, 2.05) is 6.92 Å². The van der Waals surface area contributed by atoms with Crippen LogP contribution in [0.3, 0.4) is 0 Å². The maximum atomic E-state index is 12.2. The molecule has 0 aliphatic heterocycles. The predicted octanol–water partition coefficient (Wildman–Crippen LogP) is 2.98. The van der Waals surface area contributed by atoms with Crippen LogP contribution < -0.4 is 11.3 Å². The summed E-state index contributed by atoms with van der Waals surface area (Å²) in [5.74, 6) is -0.860. The molecule has 0 radical (unpaired) electrons. The summed E-state index contributed by atoms with van der Waals surface area (Å²) < 4.78 is 0. The van der Waals surface area contributed by atoms with E-state index in [0.29, 0.717) is 10.2 Å². The lowest BCUT2D eigenvalue weighted by molar-refractivity contribution is 0.0697. The topological polar surface area (TPSA) is 109 Å². The Morgan fingerprint density at radius 3 is 2.70 bits per heavy atom. The van der Waals surface area contributed by atoms with E-state index in [9.17, 15) is 9.59 Å². The summed E-state index contributed by atoms with van der Waals surface area (Å²) in [5.41, 5.74) is 5.57. The van der Waals surface area contributed by atoms with Crippen molar-refractivity contribution in [3.63, 3.8) is 0 Å². The van der Waals surface area contributed by atoms with E-state index < -0.39 is 5.97 Å². The van der Waals surface area contributed by atoms with E-state index in [0.717, 1.165) is 21.1 Å². The van der Waals surface area contributed by atoms with Crippen LogP contribution in [-0.4, -0.2) is 21.0 Å². The molecule has 2 heterocycles. The number of nitrogens with zero attached hydrogens (tertiary/aromatic N) is 1. The Bertz CT molecular complexity index is 945. The quantitative estimate of drug-likeness (QED) is 0.669. The van der Waals surface area contributed by atoms with Crippen LogP contribution in [0.25, 0.3) is 10.2 Å². The van der Waals surface area contributed by atoms with Gasteiger partial charge in [-0.05, 0) is 30.7 Å². The lowest BCUT2D eigenvalue weighted by atomic mass is 10.2. The molecule has 0 bridgehead atoms. The van der Waals surface area contributed by atoms with E-state index in [1.165, 1.54) is 23.1 Å². The second-order valence-corrected chi connectivity index (χ2v) is 6.94. The molecule has 2 aromatic heterocycles. The van der Waals surface area contributed by atoms with Crippen LogP contribution in [0.2, 0.25) is 0 Å². The number of anilines is 1. The summed E-state index contributed by atoms with van der Waals surface area (Å²) in [6.07, 6.45) is 0.774. The van der Waals surface area contributed by atoms with Gasteiger partial charge in [-0.2, -0.15) is 0 Å². The summed E-state index contributed by atoms with van der Waals surface area (Å²) >= 11 is 2.89. The van der Waals surface area contributed by atoms with Gasteiger partial charge in [-0.3, -0.25) is 9.78 Å².